The summed E-state index contributed by atoms with van der Waals surface area (Å²) in [6.45, 7) is 2.41. The lowest BCUT2D eigenvalue weighted by atomic mass is 9.94. The molecule has 2 aromatic carbocycles. The summed E-state index contributed by atoms with van der Waals surface area (Å²) in [5, 5.41) is 1.24. The minimum atomic E-state index is -0.445. The van der Waals surface area contributed by atoms with Crippen LogP contribution in [0.25, 0.3) is 12.2 Å². The lowest BCUT2D eigenvalue weighted by Crippen LogP contribution is -2.41. The van der Waals surface area contributed by atoms with Gasteiger partial charge in [0.15, 0.2) is 5.78 Å². The smallest absolute Gasteiger partial charge is 0.410 e. The zero-order valence-electron chi connectivity index (χ0n) is 15.3. The van der Waals surface area contributed by atoms with E-state index >= 15 is 0 Å². The molecule has 1 amide bonds. The molecule has 6 heteroatoms. The van der Waals surface area contributed by atoms with E-state index in [0.29, 0.717) is 21.2 Å². The number of carbonyl (C=O) groups is 2. The van der Waals surface area contributed by atoms with Gasteiger partial charge in [0.25, 0.3) is 0 Å². The van der Waals surface area contributed by atoms with Crippen LogP contribution in [0.5, 0.6) is 0 Å². The summed E-state index contributed by atoms with van der Waals surface area (Å²) < 4.78 is 5.13. The minimum Gasteiger partial charge on any atom is -0.450 e. The van der Waals surface area contributed by atoms with Crippen molar-refractivity contribution in [2.24, 2.45) is 0 Å². The van der Waals surface area contributed by atoms with Crippen molar-refractivity contribution in [1.29, 1.82) is 0 Å². The molecule has 0 bridgehead atoms. The molecule has 2 aromatic rings. The van der Waals surface area contributed by atoms with Crippen molar-refractivity contribution in [3.05, 3.63) is 80.8 Å². The molecule has 0 atom stereocenters. The molecule has 1 saturated heterocycles. The van der Waals surface area contributed by atoms with Crippen LogP contribution in [-0.2, 0) is 9.53 Å². The Hall–Kier alpha value is -2.56. The monoisotopic (exact) mass is 415 g/mol. The van der Waals surface area contributed by atoms with Gasteiger partial charge in [-0.15, -0.1) is 0 Å². The summed E-state index contributed by atoms with van der Waals surface area (Å²) in [6.07, 6.45) is 3.11. The molecular formula is C22H19Cl2NO3. The van der Waals surface area contributed by atoms with Crippen LogP contribution in [0.3, 0.4) is 0 Å². The van der Waals surface area contributed by atoms with E-state index in [-0.39, 0.29) is 25.5 Å². The van der Waals surface area contributed by atoms with Gasteiger partial charge in [-0.05, 0) is 54.5 Å². The van der Waals surface area contributed by atoms with E-state index in [1.807, 2.05) is 24.3 Å². The summed E-state index contributed by atoms with van der Waals surface area (Å²) in [6, 6.07) is 14.3. The van der Waals surface area contributed by atoms with E-state index in [1.54, 1.807) is 43.3 Å². The minimum absolute atomic E-state index is 0.0922. The van der Waals surface area contributed by atoms with Gasteiger partial charge in [-0.25, -0.2) is 4.79 Å². The summed E-state index contributed by atoms with van der Waals surface area (Å²) in [5.74, 6) is -0.0922. The van der Waals surface area contributed by atoms with E-state index in [0.717, 1.165) is 11.1 Å². The fourth-order valence-electron chi connectivity index (χ4n) is 2.90. The van der Waals surface area contributed by atoms with Gasteiger partial charge in [-0.2, -0.15) is 0 Å². The molecule has 0 spiro atoms. The van der Waals surface area contributed by atoms with Gasteiger partial charge in [-0.1, -0.05) is 47.5 Å². The Bertz CT molecular complexity index is 864. The summed E-state index contributed by atoms with van der Waals surface area (Å²) in [4.78, 5) is 26.8. The van der Waals surface area contributed by atoms with Gasteiger partial charge in [0, 0.05) is 21.2 Å². The maximum Gasteiger partial charge on any atom is 0.410 e. The third-order valence-electron chi connectivity index (χ3n) is 4.25. The Morgan fingerprint density at radius 2 is 1.36 bits per heavy atom. The Kier molecular flexibility index (Phi) is 6.55. The molecule has 0 aliphatic carbocycles. The van der Waals surface area contributed by atoms with Gasteiger partial charge in [0.2, 0.25) is 0 Å². The average Bonchev–Trinajstić information content (AvgIpc) is 2.68. The number of hydrogen-bond donors (Lipinski definition) is 0. The highest BCUT2D eigenvalue weighted by molar-refractivity contribution is 6.30. The number of likely N-dealkylation sites (tertiary alicyclic amines) is 1. The van der Waals surface area contributed by atoms with Crippen LogP contribution in [0.1, 0.15) is 18.1 Å². The molecule has 4 nitrogen and oxygen atoms in total. The lowest BCUT2D eigenvalue weighted by Gasteiger charge is -2.29. The van der Waals surface area contributed by atoms with Crippen molar-refractivity contribution in [3.63, 3.8) is 0 Å². The molecule has 1 aliphatic rings. The van der Waals surface area contributed by atoms with Crippen molar-refractivity contribution in [3.8, 4) is 0 Å². The Labute approximate surface area is 174 Å². The summed E-state index contributed by atoms with van der Waals surface area (Å²) >= 11 is 11.9. The van der Waals surface area contributed by atoms with Crippen LogP contribution in [0.4, 0.5) is 4.79 Å². The summed E-state index contributed by atoms with van der Waals surface area (Å²) in [5.41, 5.74) is 2.71. The number of ketones is 1. The number of amides is 1. The van der Waals surface area contributed by atoms with E-state index in [1.165, 1.54) is 4.90 Å². The Morgan fingerprint density at radius 3 is 1.75 bits per heavy atom. The molecular weight excluding hydrogens is 397 g/mol. The predicted molar refractivity (Wildman–Crippen MR) is 112 cm³/mol. The fraction of sp³-hybridized carbons (Fsp3) is 0.182. The molecule has 28 heavy (non-hydrogen) atoms. The topological polar surface area (TPSA) is 46.6 Å². The van der Waals surface area contributed by atoms with Crippen LogP contribution < -0.4 is 0 Å². The number of Topliss-reactive ketones (excluding diaryl/α,β-unsaturated/α-hetero) is 1. The van der Waals surface area contributed by atoms with E-state index in [2.05, 4.69) is 0 Å². The first-order chi connectivity index (χ1) is 13.5. The number of hydrogen-bond acceptors (Lipinski definition) is 3. The fourth-order valence-corrected chi connectivity index (χ4v) is 3.16. The van der Waals surface area contributed by atoms with Crippen LogP contribution in [0.15, 0.2) is 59.7 Å². The van der Waals surface area contributed by atoms with Crippen LogP contribution in [-0.4, -0.2) is 36.5 Å². The van der Waals surface area contributed by atoms with Crippen molar-refractivity contribution >= 4 is 47.2 Å². The first kappa shape index (κ1) is 20.2. The number of benzene rings is 2. The van der Waals surface area contributed by atoms with E-state index in [9.17, 15) is 9.59 Å². The van der Waals surface area contributed by atoms with Crippen LogP contribution >= 0.6 is 23.2 Å². The molecule has 1 heterocycles. The SMILES string of the molecule is CCOC(=O)N1CC(=Cc2ccc(Cl)cc2)C(=O)C(=Cc2ccc(Cl)cc2)C1. The highest BCUT2D eigenvalue weighted by atomic mass is 35.5. The number of ether oxygens (including phenoxy) is 1. The second-order valence-electron chi connectivity index (χ2n) is 6.33. The molecule has 1 aliphatic heterocycles. The summed E-state index contributed by atoms with van der Waals surface area (Å²) in [7, 11) is 0. The van der Waals surface area contributed by atoms with Crippen molar-refractivity contribution in [2.45, 2.75) is 6.92 Å². The Morgan fingerprint density at radius 1 is 0.929 bits per heavy atom. The first-order valence-corrected chi connectivity index (χ1v) is 9.60. The van der Waals surface area contributed by atoms with Crippen LogP contribution in [0.2, 0.25) is 10.0 Å². The number of halogens is 2. The first-order valence-electron chi connectivity index (χ1n) is 8.85. The normalized spacial score (nSPS) is 17.2. The molecule has 3 rings (SSSR count). The third kappa shape index (κ3) is 5.03. The van der Waals surface area contributed by atoms with Gasteiger partial charge in [-0.3, -0.25) is 9.69 Å². The molecule has 0 radical (unpaired) electrons. The predicted octanol–water partition coefficient (Wildman–Crippen LogP) is 5.50. The molecule has 0 N–H and O–H groups in total. The number of carbonyl (C=O) groups excluding carboxylic acids is 2. The average molecular weight is 416 g/mol. The van der Waals surface area contributed by atoms with E-state index in [4.69, 9.17) is 27.9 Å². The molecule has 0 saturated carbocycles. The maximum absolute atomic E-state index is 13.0. The standard InChI is InChI=1S/C22H19Cl2NO3/c1-2-28-22(27)25-13-17(11-15-3-7-19(23)8-4-15)21(26)18(14-25)12-16-5-9-20(24)10-6-16/h3-12H,2,13-14H2,1H3. The zero-order chi connectivity index (χ0) is 20.1. The molecule has 1 fully saturated rings. The van der Waals surface area contributed by atoms with Crippen molar-refractivity contribution in [1.82, 2.24) is 4.90 Å². The van der Waals surface area contributed by atoms with Crippen molar-refractivity contribution in [2.75, 3.05) is 19.7 Å². The van der Waals surface area contributed by atoms with Crippen LogP contribution in [0, 0.1) is 0 Å². The second-order valence-corrected chi connectivity index (χ2v) is 7.20. The highest BCUT2D eigenvalue weighted by Gasteiger charge is 2.29. The maximum atomic E-state index is 13.0. The zero-order valence-corrected chi connectivity index (χ0v) is 16.8. The Balaban J connectivity index is 1.96. The lowest BCUT2D eigenvalue weighted by molar-refractivity contribution is -0.113. The number of rotatable bonds is 3. The number of piperidine rings is 1. The highest BCUT2D eigenvalue weighted by Crippen LogP contribution is 2.23. The van der Waals surface area contributed by atoms with Gasteiger partial charge in [0.05, 0.1) is 19.7 Å². The van der Waals surface area contributed by atoms with Crippen molar-refractivity contribution < 1.29 is 14.3 Å². The van der Waals surface area contributed by atoms with Gasteiger partial charge < -0.3 is 4.74 Å². The second kappa shape index (κ2) is 9.09. The molecule has 0 aromatic heterocycles. The largest absolute Gasteiger partial charge is 0.450 e. The third-order valence-corrected chi connectivity index (χ3v) is 4.76. The molecule has 144 valence electrons. The van der Waals surface area contributed by atoms with E-state index < -0.39 is 6.09 Å². The molecule has 0 unspecified atom stereocenters. The quantitative estimate of drug-likeness (QED) is 0.621. The van der Waals surface area contributed by atoms with Gasteiger partial charge in [0.1, 0.15) is 0 Å². The number of nitrogens with zero attached hydrogens (tertiary/aromatic N) is 1. The van der Waals surface area contributed by atoms with Gasteiger partial charge >= 0.3 is 6.09 Å².